The second-order valence-electron chi connectivity index (χ2n) is 19.8. The molecular weight excluding hydrogens is 1010 g/mol. The Hall–Kier alpha value is -7.26. The summed E-state index contributed by atoms with van der Waals surface area (Å²) in [4.78, 5) is 77.6. The zero-order valence-electron chi connectivity index (χ0n) is 43.6. The zero-order valence-corrected chi connectivity index (χ0v) is 45.3. The summed E-state index contributed by atoms with van der Waals surface area (Å²) in [5.41, 5.74) is 2.05. The summed E-state index contributed by atoms with van der Waals surface area (Å²) in [5.74, 6) is -3.33. The molecule has 0 saturated heterocycles. The fourth-order valence-corrected chi connectivity index (χ4v) is 9.85. The summed E-state index contributed by atoms with van der Waals surface area (Å²) in [7, 11) is -8.33. The second kappa shape index (κ2) is 27.5. The minimum absolute atomic E-state index is 0.0109. The molecule has 20 heteroatoms. The molecule has 2 unspecified atom stereocenters. The Morgan fingerprint density at radius 3 is 1.12 bits per heavy atom. The molecule has 0 aromatic heterocycles. The van der Waals surface area contributed by atoms with Crippen LogP contribution in [0.1, 0.15) is 101 Å². The first-order valence-corrected chi connectivity index (χ1v) is 27.9. The van der Waals surface area contributed by atoms with Gasteiger partial charge in [-0.25, -0.2) is 16.8 Å². The van der Waals surface area contributed by atoms with Crippen molar-refractivity contribution in [2.45, 2.75) is 113 Å². The van der Waals surface area contributed by atoms with Crippen LogP contribution in [0.3, 0.4) is 0 Å². The summed E-state index contributed by atoms with van der Waals surface area (Å²) < 4.78 is 69.3. The van der Waals surface area contributed by atoms with E-state index in [-0.39, 0.29) is 97.4 Å². The molecule has 76 heavy (non-hydrogen) atoms. The van der Waals surface area contributed by atoms with Gasteiger partial charge >= 0.3 is 11.9 Å². The van der Waals surface area contributed by atoms with E-state index in [4.69, 9.17) is 9.47 Å². The molecule has 0 aliphatic heterocycles. The van der Waals surface area contributed by atoms with Gasteiger partial charge in [-0.05, 0) is 132 Å². The van der Waals surface area contributed by atoms with Crippen LogP contribution in [0.2, 0.25) is 0 Å². The molecule has 0 bridgehead atoms. The number of sulfonamides is 2. The van der Waals surface area contributed by atoms with E-state index >= 15 is 0 Å². The van der Waals surface area contributed by atoms with Gasteiger partial charge in [-0.1, -0.05) is 91.0 Å². The first-order chi connectivity index (χ1) is 35.9. The molecule has 0 saturated carbocycles. The van der Waals surface area contributed by atoms with Gasteiger partial charge in [0.2, 0.25) is 31.9 Å². The molecule has 4 amide bonds. The number of carbonyl (C=O) groups excluding carboxylic acids is 6. The number of hydrogen-bond acceptors (Lipinski definition) is 12. The highest BCUT2D eigenvalue weighted by Crippen LogP contribution is 2.24. The molecule has 2 atom stereocenters. The molecule has 5 rings (SSSR count). The van der Waals surface area contributed by atoms with Crippen LogP contribution in [0.5, 0.6) is 0 Å². The maximum absolute atomic E-state index is 13.4. The summed E-state index contributed by atoms with van der Waals surface area (Å²) in [6.45, 7) is 10.1. The van der Waals surface area contributed by atoms with Gasteiger partial charge in [0.25, 0.3) is 11.8 Å². The Morgan fingerprint density at radius 2 is 0.776 bits per heavy atom. The van der Waals surface area contributed by atoms with Gasteiger partial charge in [0.15, 0.2) is 0 Å². The number of esters is 2. The Balaban J connectivity index is 1.01. The van der Waals surface area contributed by atoms with Crippen molar-refractivity contribution < 1.29 is 55.1 Å². The predicted octanol–water partition coefficient (Wildman–Crippen LogP) is 6.43. The Kier molecular flexibility index (Phi) is 21.6. The lowest BCUT2D eigenvalue weighted by Crippen LogP contribution is -2.45. The highest BCUT2D eigenvalue weighted by molar-refractivity contribution is 7.89. The van der Waals surface area contributed by atoms with Crippen molar-refractivity contribution in [3.63, 3.8) is 0 Å². The van der Waals surface area contributed by atoms with E-state index in [1.807, 2.05) is 60.7 Å². The molecular formula is C56H68N6O12S2. The van der Waals surface area contributed by atoms with E-state index in [1.165, 1.54) is 42.5 Å². The summed E-state index contributed by atoms with van der Waals surface area (Å²) >= 11 is 0. The molecule has 0 spiro atoms. The normalized spacial score (nSPS) is 12.6. The van der Waals surface area contributed by atoms with Crippen LogP contribution in [-0.2, 0) is 48.7 Å². The van der Waals surface area contributed by atoms with E-state index in [2.05, 4.69) is 30.7 Å². The van der Waals surface area contributed by atoms with Gasteiger partial charge in [0.1, 0.15) is 23.3 Å². The lowest BCUT2D eigenvalue weighted by atomic mass is 10.1. The smallest absolute Gasteiger partial charge is 0.324 e. The molecule has 406 valence electrons. The van der Waals surface area contributed by atoms with Crippen molar-refractivity contribution in [1.82, 2.24) is 30.7 Å². The third kappa shape index (κ3) is 19.8. The molecule has 0 aliphatic carbocycles. The Morgan fingerprint density at radius 1 is 0.434 bits per heavy atom. The third-order valence-electron chi connectivity index (χ3n) is 11.2. The maximum atomic E-state index is 13.4. The van der Waals surface area contributed by atoms with Crippen LogP contribution in [-0.4, -0.2) is 102 Å². The van der Waals surface area contributed by atoms with Gasteiger partial charge in [0.05, 0.1) is 9.79 Å². The van der Waals surface area contributed by atoms with E-state index in [1.54, 1.807) is 71.9 Å². The van der Waals surface area contributed by atoms with Gasteiger partial charge < -0.3 is 30.7 Å². The standard InChI is InChI=1S/C56H68N6O12S2/c1-55(2,3)73-53(67)47(61-75(69,70)45-28-24-41(25-29-45)39-16-9-7-10-17-39)32-36-57-49(63)22-14-34-59-51(65)43-20-13-21-44(38-43)52(66)60-35-15-23-50(64)58-37-33-48(54(68)74-56(4,5)6)62-76(71,72)46-30-26-42(27-31-46)40-18-11-8-12-19-40/h7-13,16-21,24-31,38,47-48,61-62H,14-15,22-23,32-37H2,1-6H3,(H,57,63)(H,58,64)(H,59,65)(H,60,66). The lowest BCUT2D eigenvalue weighted by Gasteiger charge is -2.24. The lowest BCUT2D eigenvalue weighted by molar-refractivity contribution is -0.158. The summed E-state index contributed by atoms with van der Waals surface area (Å²) in [6.07, 6.45) is 0.329. The van der Waals surface area contributed by atoms with Crippen LogP contribution >= 0.6 is 0 Å². The molecule has 18 nitrogen and oxygen atoms in total. The van der Waals surface area contributed by atoms with Crippen molar-refractivity contribution >= 4 is 55.6 Å². The van der Waals surface area contributed by atoms with Gasteiger partial charge in [0, 0.05) is 50.1 Å². The predicted molar refractivity (Wildman–Crippen MR) is 288 cm³/mol. The molecule has 5 aromatic carbocycles. The van der Waals surface area contributed by atoms with Crippen LogP contribution in [0.15, 0.2) is 143 Å². The van der Waals surface area contributed by atoms with Crippen molar-refractivity contribution in [3.05, 3.63) is 145 Å². The van der Waals surface area contributed by atoms with Gasteiger partial charge in [-0.15, -0.1) is 0 Å². The molecule has 0 fully saturated rings. The monoisotopic (exact) mass is 1080 g/mol. The average molecular weight is 1080 g/mol. The number of nitrogens with one attached hydrogen (secondary N) is 6. The van der Waals surface area contributed by atoms with E-state index in [9.17, 15) is 45.6 Å². The Bertz CT molecular complexity index is 2800. The van der Waals surface area contributed by atoms with Gasteiger partial charge in [-0.2, -0.15) is 9.44 Å². The number of amides is 4. The first-order valence-electron chi connectivity index (χ1n) is 24.9. The second-order valence-corrected chi connectivity index (χ2v) is 23.2. The van der Waals surface area contributed by atoms with Crippen LogP contribution < -0.4 is 30.7 Å². The highest BCUT2D eigenvalue weighted by Gasteiger charge is 2.32. The fraction of sp³-hybridized carbons (Fsp3) is 0.357. The minimum atomic E-state index is -4.16. The first kappa shape index (κ1) is 59.6. The maximum Gasteiger partial charge on any atom is 0.324 e. The summed E-state index contributed by atoms with van der Waals surface area (Å²) in [5, 5.41) is 10.8. The van der Waals surface area contributed by atoms with Crippen molar-refractivity contribution in [2.24, 2.45) is 0 Å². The van der Waals surface area contributed by atoms with Crippen molar-refractivity contribution in [3.8, 4) is 22.3 Å². The molecule has 5 aromatic rings. The largest absolute Gasteiger partial charge is 0.459 e. The van der Waals surface area contributed by atoms with E-state index in [0.29, 0.717) is 0 Å². The Labute approximate surface area is 445 Å². The number of benzene rings is 5. The van der Waals surface area contributed by atoms with Crippen LogP contribution in [0.4, 0.5) is 0 Å². The van der Waals surface area contributed by atoms with Crippen molar-refractivity contribution in [2.75, 3.05) is 26.2 Å². The molecule has 0 heterocycles. The average Bonchev–Trinajstić information content (AvgIpc) is 3.37. The van der Waals surface area contributed by atoms with Crippen LogP contribution in [0, 0.1) is 0 Å². The highest BCUT2D eigenvalue weighted by atomic mass is 32.2. The summed E-state index contributed by atoms with van der Waals surface area (Å²) in [6, 6.07) is 34.8. The quantitative estimate of drug-likeness (QED) is 0.0259. The number of ether oxygens (including phenoxy) is 2. The van der Waals surface area contributed by atoms with Crippen LogP contribution in [0.25, 0.3) is 22.3 Å². The molecule has 0 radical (unpaired) electrons. The van der Waals surface area contributed by atoms with E-state index in [0.717, 1.165) is 22.3 Å². The van der Waals surface area contributed by atoms with Crippen molar-refractivity contribution in [1.29, 1.82) is 0 Å². The van der Waals surface area contributed by atoms with E-state index < -0.39 is 67.1 Å². The molecule has 0 aliphatic rings. The number of carbonyl (C=O) groups is 6. The topological polar surface area (TPSA) is 261 Å². The van der Waals surface area contributed by atoms with Gasteiger partial charge in [-0.3, -0.25) is 28.8 Å². The zero-order chi connectivity index (χ0) is 55.5. The number of rotatable bonds is 26. The SMILES string of the molecule is CC(C)(C)OC(=O)C(CCNC(=O)CCCNC(=O)c1cccc(C(=O)NCCCC(=O)NCCC(NS(=O)(=O)c2ccc(-c3ccccc3)cc2)C(=O)OC(C)(C)C)c1)NS(=O)(=O)c1ccc(-c2ccccc2)cc1. The fourth-order valence-electron chi connectivity index (χ4n) is 7.42. The third-order valence-corrected chi connectivity index (χ3v) is 14.1. The molecule has 6 N–H and O–H groups in total. The minimum Gasteiger partial charge on any atom is -0.459 e. The number of hydrogen-bond donors (Lipinski definition) is 6.